The molecule has 2 amide bonds. The number of hydrogen-bond donors (Lipinski definition) is 3. The van der Waals surface area contributed by atoms with Gasteiger partial charge >= 0.3 is 0 Å². The lowest BCUT2D eigenvalue weighted by atomic mass is 10.2. The van der Waals surface area contributed by atoms with Crippen LogP contribution in [0.2, 0.25) is 0 Å². The van der Waals surface area contributed by atoms with Crippen molar-refractivity contribution in [2.45, 2.75) is 0 Å². The molecular formula is C11H15N3O3. The van der Waals surface area contributed by atoms with Gasteiger partial charge in [0.25, 0.3) is 0 Å². The van der Waals surface area contributed by atoms with E-state index in [9.17, 15) is 9.59 Å². The zero-order chi connectivity index (χ0) is 12.7. The van der Waals surface area contributed by atoms with E-state index in [-0.39, 0.29) is 25.0 Å². The number of carbonyl (C=O) groups excluding carboxylic acids is 2. The molecule has 6 heteroatoms. The Hall–Kier alpha value is -1.92. The number of carbonyl (C=O) groups is 2. The van der Waals surface area contributed by atoms with Gasteiger partial charge in [-0.05, 0) is 18.2 Å². The van der Waals surface area contributed by atoms with Crippen LogP contribution in [0.5, 0.6) is 0 Å². The minimum absolute atomic E-state index is 0.0145. The molecule has 0 spiro atoms. The fraction of sp³-hybridized carbons (Fsp3) is 0.273. The van der Waals surface area contributed by atoms with Crippen molar-refractivity contribution in [3.63, 3.8) is 0 Å². The van der Waals surface area contributed by atoms with Gasteiger partial charge < -0.3 is 21.1 Å². The molecule has 0 atom stereocenters. The summed E-state index contributed by atoms with van der Waals surface area (Å²) in [6.45, 7) is -0.0976. The Kier molecular flexibility index (Phi) is 5.12. The van der Waals surface area contributed by atoms with E-state index in [2.05, 4.69) is 15.4 Å². The monoisotopic (exact) mass is 237 g/mol. The summed E-state index contributed by atoms with van der Waals surface area (Å²) in [6, 6.07) is 6.78. The molecule has 0 aliphatic rings. The molecule has 0 heterocycles. The number of hydrogen-bond acceptors (Lipinski definition) is 4. The van der Waals surface area contributed by atoms with Crippen LogP contribution in [0, 0.1) is 0 Å². The van der Waals surface area contributed by atoms with E-state index in [0.717, 1.165) is 0 Å². The molecule has 0 saturated carbocycles. The van der Waals surface area contributed by atoms with Crippen LogP contribution in [0.4, 0.5) is 11.4 Å². The normalized spacial score (nSPS) is 9.76. The van der Waals surface area contributed by atoms with Crippen molar-refractivity contribution in [3.8, 4) is 0 Å². The third-order valence-electron chi connectivity index (χ3n) is 1.89. The Balaban J connectivity index is 2.65. The topological polar surface area (TPSA) is 93.5 Å². The molecule has 17 heavy (non-hydrogen) atoms. The van der Waals surface area contributed by atoms with Crippen LogP contribution in [-0.4, -0.2) is 32.1 Å². The van der Waals surface area contributed by atoms with Crippen molar-refractivity contribution in [1.82, 2.24) is 0 Å². The van der Waals surface area contributed by atoms with Crippen molar-refractivity contribution in [2.24, 2.45) is 5.73 Å². The number of anilines is 2. The average Bonchev–Trinajstić information content (AvgIpc) is 2.29. The van der Waals surface area contributed by atoms with Gasteiger partial charge in [0.1, 0.15) is 6.61 Å². The lowest BCUT2D eigenvalue weighted by Gasteiger charge is -2.07. The number of methoxy groups -OCH3 is 1. The summed E-state index contributed by atoms with van der Waals surface area (Å²) in [5.74, 6) is -0.542. The first-order valence-electron chi connectivity index (χ1n) is 5.04. The zero-order valence-electron chi connectivity index (χ0n) is 9.53. The standard InChI is InChI=1S/C11H15N3O3/c1-17-7-11(16)14-9-4-2-3-8(5-9)13-10(15)6-12/h2-5H,6-7,12H2,1H3,(H,13,15)(H,14,16). The van der Waals surface area contributed by atoms with Crippen LogP contribution < -0.4 is 16.4 Å². The van der Waals surface area contributed by atoms with Crippen LogP contribution in [0.3, 0.4) is 0 Å². The number of ether oxygens (including phenoxy) is 1. The Labute approximate surface area is 99.1 Å². The van der Waals surface area contributed by atoms with Gasteiger partial charge in [-0.3, -0.25) is 9.59 Å². The van der Waals surface area contributed by atoms with E-state index in [1.165, 1.54) is 7.11 Å². The molecule has 0 radical (unpaired) electrons. The summed E-state index contributed by atoms with van der Waals surface area (Å²) >= 11 is 0. The van der Waals surface area contributed by atoms with E-state index in [0.29, 0.717) is 11.4 Å². The highest BCUT2D eigenvalue weighted by Gasteiger charge is 2.03. The van der Waals surface area contributed by atoms with Gasteiger partial charge in [0.05, 0.1) is 6.54 Å². The Morgan fingerprint density at radius 2 is 1.82 bits per heavy atom. The second-order valence-corrected chi connectivity index (χ2v) is 3.31. The van der Waals surface area contributed by atoms with Crippen LogP contribution in [0.15, 0.2) is 24.3 Å². The van der Waals surface area contributed by atoms with Gasteiger partial charge in [-0.25, -0.2) is 0 Å². The molecule has 0 aromatic heterocycles. The Morgan fingerprint density at radius 1 is 1.24 bits per heavy atom. The van der Waals surface area contributed by atoms with E-state index in [1.807, 2.05) is 0 Å². The Morgan fingerprint density at radius 3 is 2.35 bits per heavy atom. The minimum atomic E-state index is -0.287. The fourth-order valence-electron chi connectivity index (χ4n) is 1.21. The average molecular weight is 237 g/mol. The molecule has 0 fully saturated rings. The summed E-state index contributed by atoms with van der Waals surface area (Å²) in [4.78, 5) is 22.3. The van der Waals surface area contributed by atoms with Crippen LogP contribution in [0.25, 0.3) is 0 Å². The number of rotatable bonds is 5. The first-order valence-corrected chi connectivity index (χ1v) is 5.04. The first kappa shape index (κ1) is 13.1. The van der Waals surface area contributed by atoms with Gasteiger partial charge in [-0.2, -0.15) is 0 Å². The fourth-order valence-corrected chi connectivity index (χ4v) is 1.21. The molecule has 1 aromatic rings. The van der Waals surface area contributed by atoms with Gasteiger partial charge in [-0.15, -0.1) is 0 Å². The Bertz CT molecular complexity index is 407. The molecule has 4 N–H and O–H groups in total. The number of nitrogens with two attached hydrogens (primary N) is 1. The largest absolute Gasteiger partial charge is 0.375 e. The van der Waals surface area contributed by atoms with Gasteiger partial charge in [-0.1, -0.05) is 6.07 Å². The molecule has 0 saturated heterocycles. The molecule has 1 rings (SSSR count). The predicted octanol–water partition coefficient (Wildman–Crippen LogP) is 0.169. The van der Waals surface area contributed by atoms with Crippen LogP contribution >= 0.6 is 0 Å². The number of benzene rings is 1. The molecule has 6 nitrogen and oxygen atoms in total. The number of nitrogens with one attached hydrogen (secondary N) is 2. The van der Waals surface area contributed by atoms with Crippen molar-refractivity contribution in [2.75, 3.05) is 30.9 Å². The highest BCUT2D eigenvalue weighted by Crippen LogP contribution is 2.14. The van der Waals surface area contributed by atoms with Gasteiger partial charge in [0.2, 0.25) is 11.8 Å². The van der Waals surface area contributed by atoms with Crippen molar-refractivity contribution < 1.29 is 14.3 Å². The molecule has 0 aliphatic heterocycles. The van der Waals surface area contributed by atoms with Gasteiger partial charge in [0, 0.05) is 18.5 Å². The second kappa shape index (κ2) is 6.62. The molecule has 0 aliphatic carbocycles. The SMILES string of the molecule is COCC(=O)Nc1cccc(NC(=O)CN)c1. The van der Waals surface area contributed by atoms with Crippen LogP contribution in [-0.2, 0) is 14.3 Å². The minimum Gasteiger partial charge on any atom is -0.375 e. The number of amides is 2. The zero-order valence-corrected chi connectivity index (χ0v) is 9.53. The van der Waals surface area contributed by atoms with Crippen molar-refractivity contribution >= 4 is 23.2 Å². The summed E-state index contributed by atoms with van der Waals surface area (Å²) in [7, 11) is 1.44. The summed E-state index contributed by atoms with van der Waals surface area (Å²) in [5, 5.41) is 5.22. The van der Waals surface area contributed by atoms with E-state index in [4.69, 9.17) is 5.73 Å². The lowest BCUT2D eigenvalue weighted by Crippen LogP contribution is -2.22. The molecule has 1 aromatic carbocycles. The second-order valence-electron chi connectivity index (χ2n) is 3.31. The molecule has 92 valence electrons. The maximum Gasteiger partial charge on any atom is 0.250 e. The summed E-state index contributed by atoms with van der Waals surface area (Å²) in [6.07, 6.45) is 0. The first-order chi connectivity index (χ1) is 8.15. The van der Waals surface area contributed by atoms with Crippen molar-refractivity contribution in [3.05, 3.63) is 24.3 Å². The van der Waals surface area contributed by atoms with Gasteiger partial charge in [0.15, 0.2) is 0 Å². The third kappa shape index (κ3) is 4.62. The van der Waals surface area contributed by atoms with E-state index >= 15 is 0 Å². The van der Waals surface area contributed by atoms with Crippen molar-refractivity contribution in [1.29, 1.82) is 0 Å². The quantitative estimate of drug-likeness (QED) is 0.680. The van der Waals surface area contributed by atoms with E-state index < -0.39 is 0 Å². The summed E-state index contributed by atoms with van der Waals surface area (Å²) in [5.41, 5.74) is 6.34. The molecular weight excluding hydrogens is 222 g/mol. The predicted molar refractivity (Wildman–Crippen MR) is 64.6 cm³/mol. The van der Waals surface area contributed by atoms with Crippen LogP contribution in [0.1, 0.15) is 0 Å². The highest BCUT2D eigenvalue weighted by molar-refractivity contribution is 5.95. The maximum absolute atomic E-state index is 11.3. The highest BCUT2D eigenvalue weighted by atomic mass is 16.5. The van der Waals surface area contributed by atoms with E-state index in [1.54, 1.807) is 24.3 Å². The maximum atomic E-state index is 11.3. The summed E-state index contributed by atoms with van der Waals surface area (Å²) < 4.78 is 4.69. The molecule has 0 bridgehead atoms. The molecule has 0 unspecified atom stereocenters. The smallest absolute Gasteiger partial charge is 0.250 e. The third-order valence-corrected chi connectivity index (χ3v) is 1.89. The lowest BCUT2D eigenvalue weighted by molar-refractivity contribution is -0.119.